The van der Waals surface area contributed by atoms with Gasteiger partial charge in [-0.25, -0.2) is 4.39 Å². The van der Waals surface area contributed by atoms with Gasteiger partial charge in [0, 0.05) is 7.05 Å². The molecule has 0 radical (unpaired) electrons. The number of likely N-dealkylation sites (N-methyl/N-ethyl adjacent to an activating group) is 1. The van der Waals surface area contributed by atoms with E-state index in [1.54, 1.807) is 24.1 Å². The maximum atomic E-state index is 13.2. The molecule has 0 saturated carbocycles. The number of carbonyl (C=O) groups is 1. The molecule has 0 fully saturated rings. The summed E-state index contributed by atoms with van der Waals surface area (Å²) in [6.07, 6.45) is 0.275. The molecule has 0 unspecified atom stereocenters. The number of benzene rings is 2. The molecule has 4 nitrogen and oxygen atoms in total. The predicted octanol–water partition coefficient (Wildman–Crippen LogP) is 3.95. The van der Waals surface area contributed by atoms with Gasteiger partial charge in [0.15, 0.2) is 11.5 Å². The van der Waals surface area contributed by atoms with Gasteiger partial charge in [-0.15, -0.1) is 0 Å². The fraction of sp³-hybridized carbons (Fsp3) is 0.350. The van der Waals surface area contributed by atoms with Gasteiger partial charge in [-0.3, -0.25) is 4.79 Å². The van der Waals surface area contributed by atoms with Crippen molar-refractivity contribution in [3.05, 3.63) is 59.4 Å². The van der Waals surface area contributed by atoms with Crippen molar-refractivity contribution in [1.29, 1.82) is 0 Å². The Kier molecular flexibility index (Phi) is 4.93. The zero-order valence-electron chi connectivity index (χ0n) is 14.7. The average Bonchev–Trinajstić information content (AvgIpc) is 3.04. The van der Waals surface area contributed by atoms with Gasteiger partial charge < -0.3 is 14.4 Å². The SMILES string of the molecule is CC(C)[C@H](c1ccc(F)cc1)N(C)C(=O)Cc1ccc2c(c1)OCO2. The number of fused-ring (bicyclic) bond motifs is 1. The Bertz CT molecular complexity index is 758. The summed E-state index contributed by atoms with van der Waals surface area (Å²) in [4.78, 5) is 14.5. The Morgan fingerprint density at radius 3 is 2.48 bits per heavy atom. The van der Waals surface area contributed by atoms with E-state index in [9.17, 15) is 9.18 Å². The van der Waals surface area contributed by atoms with Crippen LogP contribution in [0.5, 0.6) is 11.5 Å². The molecule has 0 N–H and O–H groups in total. The summed E-state index contributed by atoms with van der Waals surface area (Å²) < 4.78 is 23.9. The zero-order chi connectivity index (χ0) is 18.0. The van der Waals surface area contributed by atoms with Crippen molar-refractivity contribution in [3.8, 4) is 11.5 Å². The average molecular weight is 343 g/mol. The van der Waals surface area contributed by atoms with E-state index in [-0.39, 0.29) is 36.9 Å². The highest BCUT2D eigenvalue weighted by Gasteiger charge is 2.25. The summed E-state index contributed by atoms with van der Waals surface area (Å²) in [5, 5.41) is 0. The van der Waals surface area contributed by atoms with Crippen LogP contribution in [0.2, 0.25) is 0 Å². The highest BCUT2D eigenvalue weighted by atomic mass is 19.1. The van der Waals surface area contributed by atoms with Crippen LogP contribution in [0.1, 0.15) is 31.0 Å². The van der Waals surface area contributed by atoms with Crippen LogP contribution in [0.3, 0.4) is 0 Å². The fourth-order valence-electron chi connectivity index (χ4n) is 3.22. The standard InChI is InChI=1S/C20H22FNO3/c1-13(2)20(15-5-7-16(21)8-6-15)22(3)19(23)11-14-4-9-17-18(10-14)25-12-24-17/h4-10,13,20H,11-12H2,1-3H3/t20-/m1/s1. The Hall–Kier alpha value is -2.56. The topological polar surface area (TPSA) is 38.8 Å². The number of halogens is 1. The van der Waals surface area contributed by atoms with E-state index in [0.29, 0.717) is 11.5 Å². The molecule has 0 aromatic heterocycles. The molecule has 3 rings (SSSR count). The van der Waals surface area contributed by atoms with Crippen LogP contribution in [-0.2, 0) is 11.2 Å². The smallest absolute Gasteiger partial charge is 0.231 e. The summed E-state index contributed by atoms with van der Waals surface area (Å²) in [6.45, 7) is 4.32. The largest absolute Gasteiger partial charge is 0.454 e. The molecule has 1 aliphatic rings. The van der Waals surface area contributed by atoms with Crippen LogP contribution in [-0.4, -0.2) is 24.6 Å². The summed E-state index contributed by atoms with van der Waals surface area (Å²) in [6, 6.07) is 11.8. The van der Waals surface area contributed by atoms with Crippen LogP contribution >= 0.6 is 0 Å². The lowest BCUT2D eigenvalue weighted by Gasteiger charge is -2.32. The number of ether oxygens (including phenoxy) is 2. The monoisotopic (exact) mass is 343 g/mol. The first-order chi connectivity index (χ1) is 12.0. The summed E-state index contributed by atoms with van der Waals surface area (Å²) in [5.41, 5.74) is 1.81. The second-order valence-electron chi connectivity index (χ2n) is 6.61. The molecular formula is C20H22FNO3. The number of hydrogen-bond donors (Lipinski definition) is 0. The van der Waals surface area contributed by atoms with Crippen LogP contribution in [0.4, 0.5) is 4.39 Å². The lowest BCUT2D eigenvalue weighted by molar-refractivity contribution is -0.132. The van der Waals surface area contributed by atoms with Crippen molar-refractivity contribution in [2.75, 3.05) is 13.8 Å². The maximum Gasteiger partial charge on any atom is 0.231 e. The van der Waals surface area contributed by atoms with E-state index in [1.165, 1.54) is 12.1 Å². The van der Waals surface area contributed by atoms with Gasteiger partial charge >= 0.3 is 0 Å². The first-order valence-electron chi connectivity index (χ1n) is 8.35. The minimum absolute atomic E-state index is 0.00175. The van der Waals surface area contributed by atoms with Crippen molar-refractivity contribution < 1.29 is 18.7 Å². The molecule has 2 aromatic rings. The van der Waals surface area contributed by atoms with E-state index >= 15 is 0 Å². The molecule has 0 saturated heterocycles. The van der Waals surface area contributed by atoms with Gasteiger partial charge in [-0.1, -0.05) is 32.0 Å². The third-order valence-electron chi connectivity index (χ3n) is 4.45. The quantitative estimate of drug-likeness (QED) is 0.825. The molecule has 0 spiro atoms. The number of carbonyl (C=O) groups excluding carboxylic acids is 1. The van der Waals surface area contributed by atoms with Gasteiger partial charge in [0.25, 0.3) is 0 Å². The first kappa shape index (κ1) is 17.3. The zero-order valence-corrected chi connectivity index (χ0v) is 14.7. The second-order valence-corrected chi connectivity index (χ2v) is 6.61. The molecule has 2 aromatic carbocycles. The van der Waals surface area contributed by atoms with Gasteiger partial charge in [-0.2, -0.15) is 0 Å². The Morgan fingerprint density at radius 1 is 1.12 bits per heavy atom. The van der Waals surface area contributed by atoms with Crippen molar-refractivity contribution in [1.82, 2.24) is 4.90 Å². The van der Waals surface area contributed by atoms with E-state index in [0.717, 1.165) is 11.1 Å². The molecule has 1 amide bonds. The Labute approximate surface area is 147 Å². The fourth-order valence-corrected chi connectivity index (χ4v) is 3.22. The van der Waals surface area contributed by atoms with Crippen molar-refractivity contribution in [2.24, 2.45) is 5.92 Å². The van der Waals surface area contributed by atoms with Crippen molar-refractivity contribution >= 4 is 5.91 Å². The van der Waals surface area contributed by atoms with Crippen molar-refractivity contribution in [3.63, 3.8) is 0 Å². The van der Waals surface area contributed by atoms with Gasteiger partial charge in [0.05, 0.1) is 12.5 Å². The number of rotatable bonds is 5. The van der Waals surface area contributed by atoms with Crippen LogP contribution in [0.25, 0.3) is 0 Å². The van der Waals surface area contributed by atoms with Crippen molar-refractivity contribution in [2.45, 2.75) is 26.3 Å². The first-order valence-corrected chi connectivity index (χ1v) is 8.35. The summed E-state index contributed by atoms with van der Waals surface area (Å²) in [5.74, 6) is 1.31. The highest BCUT2D eigenvalue weighted by Crippen LogP contribution is 2.33. The van der Waals surface area contributed by atoms with E-state index in [4.69, 9.17) is 9.47 Å². The Balaban J connectivity index is 1.76. The van der Waals surface area contributed by atoms with Crippen LogP contribution in [0.15, 0.2) is 42.5 Å². The van der Waals surface area contributed by atoms with E-state index < -0.39 is 0 Å². The lowest BCUT2D eigenvalue weighted by Crippen LogP contribution is -2.35. The molecule has 1 aliphatic heterocycles. The number of amides is 1. The molecule has 0 aliphatic carbocycles. The lowest BCUT2D eigenvalue weighted by atomic mass is 9.94. The Morgan fingerprint density at radius 2 is 1.80 bits per heavy atom. The number of hydrogen-bond acceptors (Lipinski definition) is 3. The minimum atomic E-state index is -0.277. The molecule has 132 valence electrons. The van der Waals surface area contributed by atoms with Gasteiger partial charge in [-0.05, 0) is 41.3 Å². The molecule has 25 heavy (non-hydrogen) atoms. The van der Waals surface area contributed by atoms with E-state index in [2.05, 4.69) is 13.8 Å². The molecule has 1 atom stereocenters. The van der Waals surface area contributed by atoms with E-state index in [1.807, 2.05) is 18.2 Å². The molecular weight excluding hydrogens is 321 g/mol. The second kappa shape index (κ2) is 7.13. The summed E-state index contributed by atoms with van der Waals surface area (Å²) >= 11 is 0. The molecule has 0 bridgehead atoms. The highest BCUT2D eigenvalue weighted by molar-refractivity contribution is 5.79. The summed E-state index contributed by atoms with van der Waals surface area (Å²) in [7, 11) is 1.79. The number of nitrogens with zero attached hydrogens (tertiary/aromatic N) is 1. The molecule has 1 heterocycles. The van der Waals surface area contributed by atoms with Gasteiger partial charge in [0.2, 0.25) is 12.7 Å². The van der Waals surface area contributed by atoms with Crippen LogP contribution < -0.4 is 9.47 Å². The minimum Gasteiger partial charge on any atom is -0.454 e. The van der Waals surface area contributed by atoms with Gasteiger partial charge in [0.1, 0.15) is 5.82 Å². The van der Waals surface area contributed by atoms with Crippen LogP contribution in [0, 0.1) is 11.7 Å². The molecule has 5 heteroatoms. The normalized spacial score (nSPS) is 13.8. The maximum absolute atomic E-state index is 13.2. The third-order valence-corrected chi connectivity index (χ3v) is 4.45. The third kappa shape index (κ3) is 3.76. The predicted molar refractivity (Wildman–Crippen MR) is 93.0 cm³/mol.